The minimum Gasteiger partial charge on any atom is -0.480 e. The Morgan fingerprint density at radius 1 is 0.717 bits per heavy atom. The second-order valence-corrected chi connectivity index (χ2v) is 15.9. The summed E-state index contributed by atoms with van der Waals surface area (Å²) in [7, 11) is 0. The lowest BCUT2D eigenvalue weighted by Crippen LogP contribution is -2.59. The first kappa shape index (κ1) is 50.6. The molecule has 0 spiro atoms. The van der Waals surface area contributed by atoms with Crippen molar-refractivity contribution in [1.82, 2.24) is 36.4 Å². The normalized spacial score (nSPS) is 18.7. The Morgan fingerprint density at radius 3 is 1.72 bits per heavy atom. The zero-order valence-electron chi connectivity index (χ0n) is 34.8. The number of hydrogen-bond donors (Lipinski definition) is 11. The number of amides is 8. The summed E-state index contributed by atoms with van der Waals surface area (Å²) in [5.74, 6) is -7.46. The summed E-state index contributed by atoms with van der Waals surface area (Å²) in [5, 5.41) is 32.2. The van der Waals surface area contributed by atoms with E-state index in [-0.39, 0.29) is 76.0 Å². The number of carbonyl (C=O) groups is 9. The highest BCUT2D eigenvalue weighted by Crippen LogP contribution is 2.23. The Kier molecular flexibility index (Phi) is 20.6. The number of carboxylic acids is 1. The highest BCUT2D eigenvalue weighted by atomic mass is 16.4. The molecule has 2 saturated heterocycles. The van der Waals surface area contributed by atoms with Crippen LogP contribution in [0.2, 0.25) is 0 Å². The summed E-state index contributed by atoms with van der Waals surface area (Å²) in [4.78, 5) is 123. The fourth-order valence-corrected chi connectivity index (χ4v) is 7.01. The summed E-state index contributed by atoms with van der Waals surface area (Å²) in [5.41, 5.74) is 21.7. The molecule has 338 valence electrons. The molecule has 2 rings (SSSR count). The summed E-state index contributed by atoms with van der Waals surface area (Å²) in [6.45, 7) is 6.05. The third-order valence-corrected chi connectivity index (χ3v) is 9.90. The number of likely N-dealkylation sites (tertiary alicyclic amines) is 2. The van der Waals surface area contributed by atoms with Crippen LogP contribution in [0.25, 0.3) is 0 Å². The van der Waals surface area contributed by atoms with Crippen LogP contribution in [0.5, 0.6) is 0 Å². The van der Waals surface area contributed by atoms with Gasteiger partial charge in [-0.1, -0.05) is 27.7 Å². The number of aliphatic hydroxyl groups excluding tert-OH is 1. The van der Waals surface area contributed by atoms with E-state index in [0.717, 1.165) is 0 Å². The van der Waals surface area contributed by atoms with Crippen molar-refractivity contribution in [3.8, 4) is 0 Å². The number of carboxylic acid groups (broad SMARTS) is 1. The molecule has 2 fully saturated rings. The molecule has 0 aromatic heterocycles. The Bertz CT molecular complexity index is 1590. The second kappa shape index (κ2) is 24.5. The van der Waals surface area contributed by atoms with Gasteiger partial charge >= 0.3 is 5.97 Å². The van der Waals surface area contributed by atoms with E-state index in [4.69, 9.17) is 22.9 Å². The number of guanidine groups is 1. The summed E-state index contributed by atoms with van der Waals surface area (Å²) in [6, 6.07) is -8.40. The molecule has 8 amide bonds. The SMILES string of the molecule is CC(C)C[C@H](NC(=O)[C@@H]1CCCN1C(=O)[C@H](CCCN=C(N)N)NC(=O)[C@@H]1CCCN1C(=O)[C@H](CO)NC(=O)CNC(=O)[C@H](CC(C)C)NC(=O)[C@@H](N)CC(N)=O)C(=O)O. The smallest absolute Gasteiger partial charge is 0.326 e. The lowest BCUT2D eigenvalue weighted by Gasteiger charge is -2.32. The van der Waals surface area contributed by atoms with Crippen LogP contribution in [0.15, 0.2) is 4.99 Å². The molecular formula is C37H64N12O11. The molecule has 0 aliphatic carbocycles. The molecule has 0 bridgehead atoms. The second-order valence-electron chi connectivity index (χ2n) is 15.9. The standard InChI is InChI=1S/C37H64N12O11/c1-19(2)14-23(46-30(53)21(38)16-28(39)51)31(54)43-17-29(52)44-25(18-50)35(58)49-13-7-9-26(49)32(55)45-22(8-5-11-42-37(40)41)34(57)48-12-6-10-27(48)33(56)47-24(36(59)60)15-20(3)4/h19-27,50H,5-18,38H2,1-4H3,(H2,39,51)(H,43,54)(H,44,52)(H,45,55)(H,46,53)(H,47,56)(H,59,60)(H4,40,41,42)/t21-,22-,23-,24-,25-,26-,27-/m0/s1. The highest BCUT2D eigenvalue weighted by molar-refractivity contribution is 5.97. The van der Waals surface area contributed by atoms with E-state index in [1.165, 1.54) is 9.80 Å². The van der Waals surface area contributed by atoms with Gasteiger partial charge < -0.3 is 69.5 Å². The number of nitrogens with zero attached hydrogens (tertiary/aromatic N) is 3. The van der Waals surface area contributed by atoms with Crippen molar-refractivity contribution in [3.05, 3.63) is 0 Å². The molecule has 0 aromatic rings. The predicted octanol–water partition coefficient (Wildman–Crippen LogP) is -4.55. The zero-order valence-corrected chi connectivity index (χ0v) is 34.8. The van der Waals surface area contributed by atoms with E-state index >= 15 is 0 Å². The Labute approximate surface area is 348 Å². The van der Waals surface area contributed by atoms with Gasteiger partial charge in [0, 0.05) is 19.6 Å². The van der Waals surface area contributed by atoms with Crippen molar-refractivity contribution in [3.63, 3.8) is 0 Å². The molecule has 2 heterocycles. The van der Waals surface area contributed by atoms with Gasteiger partial charge in [0.2, 0.25) is 47.3 Å². The maximum atomic E-state index is 14.0. The number of carbonyl (C=O) groups excluding carboxylic acids is 8. The first-order valence-corrected chi connectivity index (χ1v) is 20.2. The lowest BCUT2D eigenvalue weighted by molar-refractivity contribution is -0.146. The first-order chi connectivity index (χ1) is 28.2. The fraction of sp³-hybridized carbons (Fsp3) is 0.730. The number of aliphatic carboxylic acids is 1. The van der Waals surface area contributed by atoms with E-state index in [9.17, 15) is 53.4 Å². The lowest BCUT2D eigenvalue weighted by atomic mass is 10.0. The van der Waals surface area contributed by atoms with Crippen LogP contribution in [0, 0.1) is 11.8 Å². The largest absolute Gasteiger partial charge is 0.480 e. The van der Waals surface area contributed by atoms with Gasteiger partial charge in [0.05, 0.1) is 25.6 Å². The quantitative estimate of drug-likeness (QED) is 0.0248. The van der Waals surface area contributed by atoms with Crippen molar-refractivity contribution < 1.29 is 53.4 Å². The number of nitrogens with two attached hydrogens (primary N) is 4. The molecule has 0 aromatic carbocycles. The number of nitrogens with one attached hydrogen (secondary N) is 5. The zero-order chi connectivity index (χ0) is 45.3. The van der Waals surface area contributed by atoms with Crippen molar-refractivity contribution in [2.75, 3.05) is 32.8 Å². The molecule has 23 nitrogen and oxygen atoms in total. The number of hydrogen-bond acceptors (Lipinski definition) is 12. The van der Waals surface area contributed by atoms with E-state index in [1.54, 1.807) is 13.8 Å². The Morgan fingerprint density at radius 2 is 1.23 bits per heavy atom. The van der Waals surface area contributed by atoms with E-state index in [2.05, 4.69) is 31.6 Å². The highest BCUT2D eigenvalue weighted by Gasteiger charge is 2.42. The van der Waals surface area contributed by atoms with Gasteiger partial charge in [-0.05, 0) is 63.2 Å². The molecule has 0 saturated carbocycles. The molecule has 15 N–H and O–H groups in total. The van der Waals surface area contributed by atoms with Crippen molar-refractivity contribution in [2.45, 2.75) is 128 Å². The van der Waals surface area contributed by atoms with Crippen LogP contribution in [-0.4, -0.2) is 154 Å². The van der Waals surface area contributed by atoms with Gasteiger partial charge in [-0.25, -0.2) is 4.79 Å². The maximum absolute atomic E-state index is 14.0. The number of primary amides is 1. The van der Waals surface area contributed by atoms with Crippen LogP contribution in [0.1, 0.15) is 85.5 Å². The predicted molar refractivity (Wildman–Crippen MR) is 216 cm³/mol. The topological polar surface area (TPSA) is 377 Å². The van der Waals surface area contributed by atoms with Crippen LogP contribution < -0.4 is 49.5 Å². The monoisotopic (exact) mass is 852 g/mol. The van der Waals surface area contributed by atoms with Gasteiger partial charge in [0.1, 0.15) is 36.3 Å². The molecule has 7 atom stereocenters. The number of rotatable bonds is 24. The van der Waals surface area contributed by atoms with E-state index < -0.39 is 115 Å². The van der Waals surface area contributed by atoms with Crippen molar-refractivity contribution in [2.24, 2.45) is 39.8 Å². The average molecular weight is 853 g/mol. The van der Waals surface area contributed by atoms with Crippen LogP contribution >= 0.6 is 0 Å². The molecule has 0 radical (unpaired) electrons. The Balaban J connectivity index is 2.16. The van der Waals surface area contributed by atoms with Gasteiger partial charge in [-0.15, -0.1) is 0 Å². The third-order valence-electron chi connectivity index (χ3n) is 9.90. The van der Waals surface area contributed by atoms with Gasteiger partial charge in [-0.3, -0.25) is 43.3 Å². The molecule has 0 unspecified atom stereocenters. The van der Waals surface area contributed by atoms with E-state index in [0.29, 0.717) is 12.8 Å². The number of aliphatic imine (C=N–C) groups is 1. The third kappa shape index (κ3) is 16.2. The van der Waals surface area contributed by atoms with Crippen molar-refractivity contribution in [1.29, 1.82) is 0 Å². The minimum atomic E-state index is -1.52. The molecule has 2 aliphatic heterocycles. The van der Waals surface area contributed by atoms with Crippen LogP contribution in [0.4, 0.5) is 0 Å². The van der Waals surface area contributed by atoms with Gasteiger partial charge in [0.25, 0.3) is 0 Å². The summed E-state index contributed by atoms with van der Waals surface area (Å²) >= 11 is 0. The van der Waals surface area contributed by atoms with Gasteiger partial charge in [0.15, 0.2) is 5.96 Å². The van der Waals surface area contributed by atoms with Gasteiger partial charge in [-0.2, -0.15) is 0 Å². The molecule has 23 heteroatoms. The minimum absolute atomic E-state index is 0.0331. The molecule has 60 heavy (non-hydrogen) atoms. The number of aliphatic hydroxyl groups is 1. The molecule has 2 aliphatic rings. The van der Waals surface area contributed by atoms with Crippen LogP contribution in [0.3, 0.4) is 0 Å². The van der Waals surface area contributed by atoms with Crippen molar-refractivity contribution >= 4 is 59.2 Å². The van der Waals surface area contributed by atoms with Crippen LogP contribution in [-0.2, 0) is 43.2 Å². The average Bonchev–Trinajstić information content (AvgIpc) is 3.86. The maximum Gasteiger partial charge on any atom is 0.326 e. The summed E-state index contributed by atoms with van der Waals surface area (Å²) in [6.07, 6.45) is 1.44. The first-order valence-electron chi connectivity index (χ1n) is 20.2. The molecular weight excluding hydrogens is 788 g/mol. The summed E-state index contributed by atoms with van der Waals surface area (Å²) < 4.78 is 0. The Hall–Kier alpha value is -5.58. The van der Waals surface area contributed by atoms with E-state index in [1.807, 2.05) is 13.8 Å². The fourth-order valence-electron chi connectivity index (χ4n) is 7.01.